The quantitative estimate of drug-likeness (QED) is 0.783. The summed E-state index contributed by atoms with van der Waals surface area (Å²) < 4.78 is 0. The minimum atomic E-state index is -0.145. The molecule has 4 rings (SSSR count). The van der Waals surface area contributed by atoms with Gasteiger partial charge < -0.3 is 5.32 Å². The molecule has 0 bridgehead atoms. The highest BCUT2D eigenvalue weighted by Gasteiger charge is 2.16. The Balaban J connectivity index is 1.42. The lowest BCUT2D eigenvalue weighted by Crippen LogP contribution is -2.23. The normalized spacial score (nSPS) is 13.3. The predicted molar refractivity (Wildman–Crippen MR) is 97.4 cm³/mol. The predicted octanol–water partition coefficient (Wildman–Crippen LogP) is 3.41. The van der Waals surface area contributed by atoms with E-state index in [1.165, 1.54) is 35.3 Å². The first-order chi connectivity index (χ1) is 12.3. The van der Waals surface area contributed by atoms with Crippen molar-refractivity contribution >= 4 is 17.2 Å². The Labute approximate surface area is 150 Å². The fraction of sp³-hybridized carbons (Fsp3) is 0.263. The first-order valence-corrected chi connectivity index (χ1v) is 9.28. The van der Waals surface area contributed by atoms with Crippen molar-refractivity contribution in [2.45, 2.75) is 32.2 Å². The average Bonchev–Trinajstić information content (AvgIpc) is 3.10. The molecule has 5 nitrogen and oxygen atoms in total. The number of aryl methyl sites for hydroxylation is 1. The van der Waals surface area contributed by atoms with Gasteiger partial charge in [0.05, 0.1) is 5.56 Å². The summed E-state index contributed by atoms with van der Waals surface area (Å²) >= 11 is 1.82. The van der Waals surface area contributed by atoms with E-state index in [-0.39, 0.29) is 5.91 Å². The maximum absolute atomic E-state index is 12.4. The van der Waals surface area contributed by atoms with E-state index in [4.69, 9.17) is 0 Å². The average molecular weight is 350 g/mol. The van der Waals surface area contributed by atoms with Gasteiger partial charge in [0.15, 0.2) is 5.82 Å². The summed E-state index contributed by atoms with van der Waals surface area (Å²) in [5.41, 5.74) is 4.00. The highest BCUT2D eigenvalue weighted by Crippen LogP contribution is 2.30. The second kappa shape index (κ2) is 7.11. The third-order valence-electron chi connectivity index (χ3n) is 4.42. The van der Waals surface area contributed by atoms with Crippen LogP contribution in [0.4, 0.5) is 0 Å². The van der Waals surface area contributed by atoms with Crippen LogP contribution in [-0.2, 0) is 19.4 Å². The van der Waals surface area contributed by atoms with E-state index in [0.717, 1.165) is 12.0 Å². The zero-order chi connectivity index (χ0) is 17.1. The fourth-order valence-electron chi connectivity index (χ4n) is 3.08. The maximum Gasteiger partial charge on any atom is 0.254 e. The second-order valence-electron chi connectivity index (χ2n) is 6.09. The molecule has 0 radical (unpaired) electrons. The van der Waals surface area contributed by atoms with Gasteiger partial charge in [-0.2, -0.15) is 0 Å². The van der Waals surface area contributed by atoms with E-state index >= 15 is 0 Å². The Morgan fingerprint density at radius 1 is 1.16 bits per heavy atom. The summed E-state index contributed by atoms with van der Waals surface area (Å²) in [5, 5.41) is 5.16. The second-order valence-corrected chi connectivity index (χ2v) is 7.05. The van der Waals surface area contributed by atoms with E-state index in [2.05, 4.69) is 25.6 Å². The number of fused-ring (bicyclic) bond motifs is 1. The molecule has 1 aliphatic carbocycles. The Morgan fingerprint density at radius 3 is 2.80 bits per heavy atom. The van der Waals surface area contributed by atoms with Crippen LogP contribution in [0.2, 0.25) is 0 Å². The van der Waals surface area contributed by atoms with Crippen molar-refractivity contribution in [3.63, 3.8) is 0 Å². The number of hydrogen-bond acceptors (Lipinski definition) is 5. The van der Waals surface area contributed by atoms with Crippen molar-refractivity contribution in [2.75, 3.05) is 0 Å². The lowest BCUT2D eigenvalue weighted by atomic mass is 9.96. The molecule has 3 aromatic rings. The SMILES string of the molecule is O=C(NCc1csc2c1CCCC2)c1cnc(-c2cccnc2)nc1. The van der Waals surface area contributed by atoms with Crippen LogP contribution < -0.4 is 5.32 Å². The van der Waals surface area contributed by atoms with Gasteiger partial charge in [0.1, 0.15) is 0 Å². The molecule has 6 heteroatoms. The van der Waals surface area contributed by atoms with Gasteiger partial charge >= 0.3 is 0 Å². The van der Waals surface area contributed by atoms with Crippen LogP contribution in [-0.4, -0.2) is 20.9 Å². The molecule has 1 N–H and O–H groups in total. The van der Waals surface area contributed by atoms with Gasteiger partial charge in [-0.3, -0.25) is 9.78 Å². The van der Waals surface area contributed by atoms with Gasteiger partial charge in [-0.15, -0.1) is 11.3 Å². The van der Waals surface area contributed by atoms with E-state index < -0.39 is 0 Å². The van der Waals surface area contributed by atoms with Crippen molar-refractivity contribution in [3.8, 4) is 11.4 Å². The smallest absolute Gasteiger partial charge is 0.254 e. The van der Waals surface area contributed by atoms with Crippen LogP contribution in [0.1, 0.15) is 39.2 Å². The zero-order valence-corrected chi connectivity index (χ0v) is 14.6. The van der Waals surface area contributed by atoms with Gasteiger partial charge in [-0.25, -0.2) is 9.97 Å². The van der Waals surface area contributed by atoms with Crippen molar-refractivity contribution in [1.82, 2.24) is 20.3 Å². The molecule has 0 atom stereocenters. The maximum atomic E-state index is 12.4. The Bertz CT molecular complexity index is 874. The molecular weight excluding hydrogens is 332 g/mol. The lowest BCUT2D eigenvalue weighted by molar-refractivity contribution is 0.0950. The van der Waals surface area contributed by atoms with Crippen LogP contribution in [0.25, 0.3) is 11.4 Å². The molecule has 0 fully saturated rings. The number of thiophene rings is 1. The van der Waals surface area contributed by atoms with Gasteiger partial charge in [0.25, 0.3) is 5.91 Å². The number of aromatic nitrogens is 3. The third-order valence-corrected chi connectivity index (χ3v) is 5.56. The van der Waals surface area contributed by atoms with Crippen molar-refractivity contribution < 1.29 is 4.79 Å². The number of nitrogens with zero attached hydrogens (tertiary/aromatic N) is 3. The molecule has 3 heterocycles. The first-order valence-electron chi connectivity index (χ1n) is 8.40. The standard InChI is InChI=1S/C19H18N4OS/c24-19(23-11-15-12-25-17-6-2-1-5-16(15)17)14-9-21-18(22-10-14)13-4-3-7-20-8-13/h3-4,7-10,12H,1-2,5-6,11H2,(H,23,24). The highest BCUT2D eigenvalue weighted by atomic mass is 32.1. The van der Waals surface area contributed by atoms with Crippen LogP contribution in [0.5, 0.6) is 0 Å². The summed E-state index contributed by atoms with van der Waals surface area (Å²) in [6.45, 7) is 0.565. The molecule has 0 spiro atoms. The van der Waals surface area contributed by atoms with E-state index in [9.17, 15) is 4.79 Å². The van der Waals surface area contributed by atoms with Crippen LogP contribution in [0.15, 0.2) is 42.3 Å². The topological polar surface area (TPSA) is 67.8 Å². The van der Waals surface area contributed by atoms with Crippen LogP contribution in [0.3, 0.4) is 0 Å². The van der Waals surface area contributed by atoms with Crippen LogP contribution >= 0.6 is 11.3 Å². The Morgan fingerprint density at radius 2 is 2.00 bits per heavy atom. The Hall–Kier alpha value is -2.60. The van der Waals surface area contributed by atoms with E-state index in [0.29, 0.717) is 17.9 Å². The Kier molecular flexibility index (Phi) is 4.52. The zero-order valence-electron chi connectivity index (χ0n) is 13.7. The molecule has 1 amide bonds. The molecule has 0 saturated heterocycles. The molecule has 0 saturated carbocycles. The van der Waals surface area contributed by atoms with Gasteiger partial charge in [0, 0.05) is 41.8 Å². The summed E-state index contributed by atoms with van der Waals surface area (Å²) in [7, 11) is 0. The van der Waals surface area contributed by atoms with Crippen LogP contribution in [0, 0.1) is 0 Å². The van der Waals surface area contributed by atoms with Gasteiger partial charge in [-0.1, -0.05) is 0 Å². The molecular formula is C19H18N4OS. The van der Waals surface area contributed by atoms with Crippen molar-refractivity contribution in [1.29, 1.82) is 0 Å². The van der Waals surface area contributed by atoms with E-state index in [1.807, 2.05) is 23.5 Å². The highest BCUT2D eigenvalue weighted by molar-refractivity contribution is 7.10. The number of carbonyl (C=O) groups is 1. The summed E-state index contributed by atoms with van der Waals surface area (Å²) in [6.07, 6.45) is 11.4. The monoisotopic (exact) mass is 350 g/mol. The van der Waals surface area contributed by atoms with Gasteiger partial charge in [-0.05, 0) is 54.3 Å². The summed E-state index contributed by atoms with van der Waals surface area (Å²) in [5.74, 6) is 0.421. The molecule has 0 unspecified atom stereocenters. The van der Waals surface area contributed by atoms with E-state index in [1.54, 1.807) is 24.8 Å². The molecule has 25 heavy (non-hydrogen) atoms. The fourth-order valence-corrected chi connectivity index (χ4v) is 4.22. The molecule has 0 aliphatic heterocycles. The summed E-state index contributed by atoms with van der Waals surface area (Å²) in [6, 6.07) is 3.72. The van der Waals surface area contributed by atoms with Gasteiger partial charge in [0.2, 0.25) is 0 Å². The minimum Gasteiger partial charge on any atom is -0.348 e. The largest absolute Gasteiger partial charge is 0.348 e. The molecule has 126 valence electrons. The number of hydrogen-bond donors (Lipinski definition) is 1. The minimum absolute atomic E-state index is 0.145. The van der Waals surface area contributed by atoms with Crippen molar-refractivity contribution in [2.24, 2.45) is 0 Å². The number of nitrogens with one attached hydrogen (secondary N) is 1. The third kappa shape index (κ3) is 3.44. The number of pyridine rings is 1. The number of carbonyl (C=O) groups excluding carboxylic acids is 1. The molecule has 3 aromatic heterocycles. The first kappa shape index (κ1) is 15.9. The van der Waals surface area contributed by atoms with Crippen molar-refractivity contribution in [3.05, 3.63) is 63.9 Å². The number of amides is 1. The lowest BCUT2D eigenvalue weighted by Gasteiger charge is -2.13. The molecule has 0 aromatic carbocycles. The molecule has 1 aliphatic rings. The number of rotatable bonds is 4. The summed E-state index contributed by atoms with van der Waals surface area (Å²) in [4.78, 5) is 26.4.